The molecule has 8 heteroatoms. The number of thiazole rings is 1. The number of rotatable bonds is 5. The second kappa shape index (κ2) is 5.82. The molecule has 1 heterocycles. The highest BCUT2D eigenvalue weighted by atomic mass is 32.2. The van der Waals surface area contributed by atoms with E-state index in [-0.39, 0.29) is 10.1 Å². The number of benzene rings is 1. The molecule has 0 spiro atoms. The van der Waals surface area contributed by atoms with E-state index in [0.717, 1.165) is 16.9 Å². The molecule has 0 atom stereocenters. The fraction of sp³-hybridized carbons (Fsp3) is 0.231. The van der Waals surface area contributed by atoms with Crippen LogP contribution >= 0.6 is 11.3 Å². The average molecular weight is 326 g/mol. The minimum Gasteiger partial charge on any atom is -0.476 e. The van der Waals surface area contributed by atoms with E-state index >= 15 is 0 Å². The minimum absolute atomic E-state index is 0.257. The number of nitrogens with one attached hydrogen (secondary N) is 1. The Morgan fingerprint density at radius 1 is 1.38 bits per heavy atom. The number of carboxylic acid groups (broad SMARTS) is 1. The van der Waals surface area contributed by atoms with Gasteiger partial charge in [-0.3, -0.25) is 4.72 Å². The number of carboxylic acids is 1. The molecule has 0 aliphatic heterocycles. The first-order valence-corrected chi connectivity index (χ1v) is 8.47. The van der Waals surface area contributed by atoms with Crippen molar-refractivity contribution >= 4 is 33.0 Å². The average Bonchev–Trinajstić information content (AvgIpc) is 2.88. The first-order valence-electron chi connectivity index (χ1n) is 6.11. The van der Waals surface area contributed by atoms with Gasteiger partial charge in [-0.05, 0) is 23.6 Å². The molecule has 2 N–H and O–H groups in total. The lowest BCUT2D eigenvalue weighted by atomic mass is 10.0. The number of aromatic carboxylic acids is 1. The summed E-state index contributed by atoms with van der Waals surface area (Å²) >= 11 is 0.772. The monoisotopic (exact) mass is 326 g/mol. The predicted molar refractivity (Wildman–Crippen MR) is 80.4 cm³/mol. The highest BCUT2D eigenvalue weighted by molar-refractivity contribution is 7.94. The maximum absolute atomic E-state index is 12.3. The number of anilines is 1. The Morgan fingerprint density at radius 2 is 2.10 bits per heavy atom. The summed E-state index contributed by atoms with van der Waals surface area (Å²) < 4.78 is 26.6. The van der Waals surface area contributed by atoms with Crippen LogP contribution in [-0.4, -0.2) is 24.5 Å². The number of carbonyl (C=O) groups is 1. The van der Waals surface area contributed by atoms with Crippen LogP contribution in [0.4, 0.5) is 5.69 Å². The Hall–Kier alpha value is -1.93. The quantitative estimate of drug-likeness (QED) is 0.880. The number of hydrogen-bond acceptors (Lipinski definition) is 5. The van der Waals surface area contributed by atoms with Gasteiger partial charge in [0.25, 0.3) is 10.0 Å². The van der Waals surface area contributed by atoms with Crippen LogP contribution in [0.3, 0.4) is 0 Å². The van der Waals surface area contributed by atoms with E-state index in [0.29, 0.717) is 5.69 Å². The highest BCUT2D eigenvalue weighted by Crippen LogP contribution is 2.25. The molecule has 21 heavy (non-hydrogen) atoms. The van der Waals surface area contributed by atoms with Crippen LogP contribution < -0.4 is 4.72 Å². The van der Waals surface area contributed by atoms with Gasteiger partial charge in [0.05, 0.1) is 5.51 Å². The molecular formula is C13H14N2O4S2. The van der Waals surface area contributed by atoms with Gasteiger partial charge < -0.3 is 5.11 Å². The normalized spacial score (nSPS) is 11.6. The standard InChI is InChI=1S/C13H14N2O4S2/c1-8(2)9-4-3-5-10(6-9)15-21(18,19)13-11(12(16)17)14-7-20-13/h3-8,15H,1-2H3,(H,16,17). The van der Waals surface area contributed by atoms with Crippen molar-refractivity contribution in [3.8, 4) is 0 Å². The maximum Gasteiger partial charge on any atom is 0.356 e. The van der Waals surface area contributed by atoms with Crippen molar-refractivity contribution in [1.82, 2.24) is 4.98 Å². The molecule has 2 aromatic rings. The van der Waals surface area contributed by atoms with Crippen LogP contribution in [0.15, 0.2) is 34.0 Å². The van der Waals surface area contributed by atoms with Crippen LogP contribution in [0, 0.1) is 0 Å². The summed E-state index contributed by atoms with van der Waals surface area (Å²) in [5, 5.41) is 8.95. The van der Waals surface area contributed by atoms with Gasteiger partial charge in [0.1, 0.15) is 0 Å². The van der Waals surface area contributed by atoms with E-state index in [1.165, 1.54) is 5.51 Å². The fourth-order valence-electron chi connectivity index (χ4n) is 1.73. The van der Waals surface area contributed by atoms with E-state index in [1.807, 2.05) is 19.9 Å². The summed E-state index contributed by atoms with van der Waals surface area (Å²) in [6, 6.07) is 6.99. The molecule has 0 bridgehead atoms. The van der Waals surface area contributed by atoms with Crippen molar-refractivity contribution in [1.29, 1.82) is 0 Å². The summed E-state index contributed by atoms with van der Waals surface area (Å²) in [5.41, 5.74) is 2.11. The molecule has 112 valence electrons. The predicted octanol–water partition coefficient (Wildman–Crippen LogP) is 2.77. The lowest BCUT2D eigenvalue weighted by Gasteiger charge is -2.10. The molecule has 0 amide bonds. The van der Waals surface area contributed by atoms with Crippen molar-refractivity contribution in [2.75, 3.05) is 4.72 Å². The fourth-order valence-corrected chi connectivity index (χ4v) is 3.92. The number of aromatic nitrogens is 1. The third-order valence-electron chi connectivity index (χ3n) is 2.79. The summed E-state index contributed by atoms with van der Waals surface area (Å²) in [4.78, 5) is 14.5. The molecule has 0 saturated heterocycles. The first kappa shape index (κ1) is 15.5. The minimum atomic E-state index is -3.96. The molecule has 0 aliphatic rings. The molecule has 2 rings (SSSR count). The first-order chi connectivity index (χ1) is 9.81. The van der Waals surface area contributed by atoms with Gasteiger partial charge in [0, 0.05) is 5.69 Å². The lowest BCUT2D eigenvalue weighted by Crippen LogP contribution is -2.15. The van der Waals surface area contributed by atoms with E-state index in [1.54, 1.807) is 18.2 Å². The Bertz CT molecular complexity index is 766. The van der Waals surface area contributed by atoms with Gasteiger partial charge in [-0.2, -0.15) is 0 Å². The van der Waals surface area contributed by atoms with Crippen LogP contribution in [0.25, 0.3) is 0 Å². The van der Waals surface area contributed by atoms with Gasteiger partial charge in [0.15, 0.2) is 9.90 Å². The highest BCUT2D eigenvalue weighted by Gasteiger charge is 2.25. The Labute approximate surface area is 126 Å². The van der Waals surface area contributed by atoms with Crippen molar-refractivity contribution in [2.24, 2.45) is 0 Å². The molecule has 1 aromatic heterocycles. The van der Waals surface area contributed by atoms with Crippen molar-refractivity contribution in [3.05, 3.63) is 41.0 Å². The molecule has 0 aliphatic carbocycles. The topological polar surface area (TPSA) is 96.4 Å². The van der Waals surface area contributed by atoms with Crippen LogP contribution in [0.1, 0.15) is 35.8 Å². The SMILES string of the molecule is CC(C)c1cccc(NS(=O)(=O)c2scnc2C(=O)O)c1. The summed E-state index contributed by atoms with van der Waals surface area (Å²) in [6.45, 7) is 4.00. The Morgan fingerprint density at radius 3 is 2.71 bits per heavy atom. The number of sulfonamides is 1. The number of nitrogens with zero attached hydrogens (tertiary/aromatic N) is 1. The van der Waals surface area contributed by atoms with E-state index in [9.17, 15) is 13.2 Å². The van der Waals surface area contributed by atoms with Crippen LogP contribution in [-0.2, 0) is 10.0 Å². The van der Waals surface area contributed by atoms with Gasteiger partial charge >= 0.3 is 5.97 Å². The third-order valence-corrected chi connectivity index (χ3v) is 5.54. The van der Waals surface area contributed by atoms with Crippen LogP contribution in [0.5, 0.6) is 0 Å². The summed E-state index contributed by atoms with van der Waals surface area (Å²) in [6.07, 6.45) is 0. The van der Waals surface area contributed by atoms with Gasteiger partial charge in [0.2, 0.25) is 0 Å². The molecular weight excluding hydrogens is 312 g/mol. The zero-order valence-corrected chi connectivity index (χ0v) is 13.0. The van der Waals surface area contributed by atoms with Crippen molar-refractivity contribution < 1.29 is 18.3 Å². The number of hydrogen-bond donors (Lipinski definition) is 2. The van der Waals surface area contributed by atoms with E-state index < -0.39 is 21.7 Å². The molecule has 0 saturated carbocycles. The lowest BCUT2D eigenvalue weighted by molar-refractivity contribution is 0.0687. The van der Waals surface area contributed by atoms with Gasteiger partial charge in [-0.15, -0.1) is 11.3 Å². The molecule has 0 radical (unpaired) electrons. The second-order valence-electron chi connectivity index (χ2n) is 4.68. The largest absolute Gasteiger partial charge is 0.476 e. The summed E-state index contributed by atoms with van der Waals surface area (Å²) in [7, 11) is -3.96. The Balaban J connectivity index is 2.36. The summed E-state index contributed by atoms with van der Waals surface area (Å²) in [5.74, 6) is -1.11. The van der Waals surface area contributed by atoms with Crippen molar-refractivity contribution in [2.45, 2.75) is 24.0 Å². The van der Waals surface area contributed by atoms with E-state index in [4.69, 9.17) is 5.11 Å². The van der Waals surface area contributed by atoms with E-state index in [2.05, 4.69) is 9.71 Å². The zero-order valence-electron chi connectivity index (χ0n) is 11.4. The van der Waals surface area contributed by atoms with Gasteiger partial charge in [-0.1, -0.05) is 26.0 Å². The van der Waals surface area contributed by atoms with Crippen molar-refractivity contribution in [3.63, 3.8) is 0 Å². The maximum atomic E-state index is 12.3. The smallest absolute Gasteiger partial charge is 0.356 e. The van der Waals surface area contributed by atoms with Gasteiger partial charge in [-0.25, -0.2) is 18.2 Å². The second-order valence-corrected chi connectivity index (χ2v) is 7.41. The molecule has 6 nitrogen and oxygen atoms in total. The molecule has 0 fully saturated rings. The zero-order chi connectivity index (χ0) is 15.6. The third kappa shape index (κ3) is 3.40. The Kier molecular flexibility index (Phi) is 4.29. The molecule has 0 unspecified atom stereocenters. The van der Waals surface area contributed by atoms with Crippen LogP contribution in [0.2, 0.25) is 0 Å². The molecule has 1 aromatic carbocycles.